The number of rotatable bonds is 2. The van der Waals surface area contributed by atoms with Gasteiger partial charge in [0.05, 0.1) is 0 Å². The number of pyridine rings is 2. The number of nitrogens with zero attached hydrogens (tertiary/aromatic N) is 2. The van der Waals surface area contributed by atoms with Crippen LogP contribution in [-0.4, -0.2) is 15.1 Å². The van der Waals surface area contributed by atoms with Crippen LogP contribution in [0.4, 0.5) is 13.2 Å². The van der Waals surface area contributed by atoms with Crippen molar-refractivity contribution >= 4 is 27.5 Å². The number of alkyl halides is 3. The van der Waals surface area contributed by atoms with Crippen molar-refractivity contribution in [3.8, 4) is 0 Å². The van der Waals surface area contributed by atoms with Gasteiger partial charge in [0, 0.05) is 28.0 Å². The van der Waals surface area contributed by atoms with E-state index in [1.54, 1.807) is 6.07 Å². The third-order valence-corrected chi connectivity index (χ3v) is 3.24. The van der Waals surface area contributed by atoms with E-state index in [0.29, 0.717) is 10.0 Å². The lowest BCUT2D eigenvalue weighted by molar-refractivity contribution is -0.141. The van der Waals surface area contributed by atoms with E-state index in [4.69, 9.17) is 11.6 Å². The highest BCUT2D eigenvalue weighted by molar-refractivity contribution is 9.10. The van der Waals surface area contributed by atoms with Gasteiger partial charge >= 0.3 is 6.18 Å². The lowest BCUT2D eigenvalue weighted by Crippen LogP contribution is -2.10. The van der Waals surface area contributed by atoms with E-state index in [9.17, 15) is 18.3 Å². The first-order chi connectivity index (χ1) is 9.29. The van der Waals surface area contributed by atoms with Gasteiger partial charge in [0.25, 0.3) is 0 Å². The summed E-state index contributed by atoms with van der Waals surface area (Å²) < 4.78 is 38.1. The van der Waals surface area contributed by atoms with Crippen molar-refractivity contribution in [1.29, 1.82) is 0 Å². The second-order valence-electron chi connectivity index (χ2n) is 3.91. The van der Waals surface area contributed by atoms with Gasteiger partial charge in [0.2, 0.25) is 0 Å². The maximum absolute atomic E-state index is 12.5. The maximum Gasteiger partial charge on any atom is 0.433 e. The molecule has 0 radical (unpaired) electrons. The highest BCUT2D eigenvalue weighted by Gasteiger charge is 2.33. The van der Waals surface area contributed by atoms with Crippen LogP contribution >= 0.6 is 27.5 Å². The van der Waals surface area contributed by atoms with Crippen molar-refractivity contribution in [2.24, 2.45) is 0 Å². The molecule has 1 atom stereocenters. The Balaban J connectivity index is 2.38. The van der Waals surface area contributed by atoms with Crippen molar-refractivity contribution in [2.45, 2.75) is 12.3 Å². The van der Waals surface area contributed by atoms with Crippen molar-refractivity contribution in [3.63, 3.8) is 0 Å². The fraction of sp³-hybridized carbons (Fsp3) is 0.167. The van der Waals surface area contributed by atoms with E-state index in [1.165, 1.54) is 12.4 Å². The molecule has 0 amide bonds. The minimum Gasteiger partial charge on any atom is -0.383 e. The largest absolute Gasteiger partial charge is 0.433 e. The van der Waals surface area contributed by atoms with Gasteiger partial charge in [0.15, 0.2) is 0 Å². The summed E-state index contributed by atoms with van der Waals surface area (Å²) in [5.41, 5.74) is -0.631. The van der Waals surface area contributed by atoms with Crippen LogP contribution in [-0.2, 0) is 6.18 Å². The smallest absolute Gasteiger partial charge is 0.383 e. The molecule has 0 saturated heterocycles. The van der Waals surface area contributed by atoms with Crippen LogP contribution in [0, 0.1) is 0 Å². The Hall–Kier alpha value is -1.18. The molecule has 0 aromatic carbocycles. The predicted octanol–water partition coefficient (Wildman–Crippen LogP) is 3.99. The zero-order chi connectivity index (χ0) is 14.9. The summed E-state index contributed by atoms with van der Waals surface area (Å²) in [6.45, 7) is 0. The summed E-state index contributed by atoms with van der Waals surface area (Å²) in [4.78, 5) is 7.13. The quantitative estimate of drug-likeness (QED) is 0.816. The minimum atomic E-state index is -4.58. The Labute approximate surface area is 125 Å². The van der Waals surface area contributed by atoms with Gasteiger partial charge in [-0.05, 0) is 28.1 Å². The van der Waals surface area contributed by atoms with E-state index in [-0.39, 0.29) is 5.56 Å². The Morgan fingerprint density at radius 3 is 2.50 bits per heavy atom. The molecule has 2 heterocycles. The van der Waals surface area contributed by atoms with Crippen LogP contribution in [0.3, 0.4) is 0 Å². The van der Waals surface area contributed by atoms with E-state index in [0.717, 1.165) is 12.1 Å². The molecule has 0 saturated carbocycles. The average Bonchev–Trinajstić information content (AvgIpc) is 2.36. The molecule has 2 aromatic heterocycles. The molecular weight excluding hydrogens is 360 g/mol. The first-order valence-electron chi connectivity index (χ1n) is 5.31. The summed E-state index contributed by atoms with van der Waals surface area (Å²) in [5.74, 6) is 0. The normalized spacial score (nSPS) is 13.3. The fourth-order valence-corrected chi connectivity index (χ4v) is 2.20. The number of hydrogen-bond acceptors (Lipinski definition) is 3. The standard InChI is InChI=1S/C12H7BrClF3N2O/c13-7-3-6(4-18-5-7)10(20)8-1-2-9(12(15,16)17)19-11(8)14/h1-5,10,20H. The highest BCUT2D eigenvalue weighted by atomic mass is 79.9. The van der Waals surface area contributed by atoms with Crippen molar-refractivity contribution in [2.75, 3.05) is 0 Å². The molecule has 0 aliphatic carbocycles. The molecule has 1 unspecified atom stereocenters. The number of aromatic nitrogens is 2. The Morgan fingerprint density at radius 1 is 1.25 bits per heavy atom. The SMILES string of the molecule is OC(c1cncc(Br)c1)c1ccc(C(F)(F)F)nc1Cl. The monoisotopic (exact) mass is 366 g/mol. The van der Waals surface area contributed by atoms with E-state index < -0.39 is 23.1 Å². The first-order valence-corrected chi connectivity index (χ1v) is 6.48. The van der Waals surface area contributed by atoms with Crippen molar-refractivity contribution < 1.29 is 18.3 Å². The average molecular weight is 368 g/mol. The van der Waals surface area contributed by atoms with Gasteiger partial charge in [-0.15, -0.1) is 0 Å². The molecule has 0 aliphatic heterocycles. The topological polar surface area (TPSA) is 46.0 Å². The lowest BCUT2D eigenvalue weighted by atomic mass is 10.0. The number of hydrogen-bond donors (Lipinski definition) is 1. The van der Waals surface area contributed by atoms with Gasteiger partial charge in [-0.1, -0.05) is 17.7 Å². The zero-order valence-electron chi connectivity index (χ0n) is 9.70. The lowest BCUT2D eigenvalue weighted by Gasteiger charge is -2.14. The van der Waals surface area contributed by atoms with E-state index in [1.807, 2.05) is 0 Å². The summed E-state index contributed by atoms with van der Waals surface area (Å²) >= 11 is 8.90. The summed E-state index contributed by atoms with van der Waals surface area (Å²) in [6, 6.07) is 3.46. The summed E-state index contributed by atoms with van der Waals surface area (Å²) in [7, 11) is 0. The fourth-order valence-electron chi connectivity index (χ4n) is 1.56. The number of aliphatic hydroxyl groups is 1. The van der Waals surface area contributed by atoms with Crippen LogP contribution in [0.1, 0.15) is 22.9 Å². The Morgan fingerprint density at radius 2 is 1.95 bits per heavy atom. The van der Waals surface area contributed by atoms with E-state index in [2.05, 4.69) is 25.9 Å². The molecule has 106 valence electrons. The third kappa shape index (κ3) is 3.28. The second kappa shape index (κ2) is 5.67. The van der Waals surface area contributed by atoms with Crippen LogP contribution in [0.2, 0.25) is 5.15 Å². The van der Waals surface area contributed by atoms with Crippen LogP contribution in [0.25, 0.3) is 0 Å². The molecule has 8 heteroatoms. The van der Waals surface area contributed by atoms with Gasteiger partial charge in [-0.2, -0.15) is 13.2 Å². The van der Waals surface area contributed by atoms with Crippen molar-refractivity contribution in [1.82, 2.24) is 9.97 Å². The number of aliphatic hydroxyl groups excluding tert-OH is 1. The van der Waals surface area contributed by atoms with Gasteiger partial charge in [-0.25, -0.2) is 4.98 Å². The molecule has 0 aliphatic rings. The summed E-state index contributed by atoms with van der Waals surface area (Å²) in [5, 5.41) is 9.73. The first kappa shape index (κ1) is 15.2. The molecule has 2 rings (SSSR count). The van der Waals surface area contributed by atoms with Gasteiger partial charge in [-0.3, -0.25) is 4.98 Å². The third-order valence-electron chi connectivity index (χ3n) is 2.50. The zero-order valence-corrected chi connectivity index (χ0v) is 12.0. The van der Waals surface area contributed by atoms with Crippen LogP contribution < -0.4 is 0 Å². The van der Waals surface area contributed by atoms with Crippen LogP contribution in [0.5, 0.6) is 0 Å². The van der Waals surface area contributed by atoms with Gasteiger partial charge < -0.3 is 5.11 Å². The highest BCUT2D eigenvalue weighted by Crippen LogP contribution is 2.33. The van der Waals surface area contributed by atoms with Crippen LogP contribution in [0.15, 0.2) is 35.1 Å². The molecular formula is C12H7BrClF3N2O. The molecule has 2 aromatic rings. The molecule has 0 bridgehead atoms. The predicted molar refractivity (Wildman–Crippen MR) is 70.2 cm³/mol. The number of halogens is 5. The van der Waals surface area contributed by atoms with Crippen molar-refractivity contribution in [3.05, 3.63) is 57.0 Å². The minimum absolute atomic E-state index is 0.0829. The Bertz CT molecular complexity index is 636. The molecule has 3 nitrogen and oxygen atoms in total. The van der Waals surface area contributed by atoms with Gasteiger partial charge in [0.1, 0.15) is 17.0 Å². The molecule has 0 spiro atoms. The summed E-state index contributed by atoms with van der Waals surface area (Å²) in [6.07, 6.45) is -2.88. The molecule has 20 heavy (non-hydrogen) atoms. The molecule has 1 N–H and O–H groups in total. The second-order valence-corrected chi connectivity index (χ2v) is 5.19. The Kier molecular flexibility index (Phi) is 4.31. The van der Waals surface area contributed by atoms with E-state index >= 15 is 0 Å². The maximum atomic E-state index is 12.5. The molecule has 0 fully saturated rings.